The first-order valence-corrected chi connectivity index (χ1v) is 9.78. The number of carbonyl (C=O) groups is 2. The van der Waals surface area contributed by atoms with Gasteiger partial charge in [0.2, 0.25) is 0 Å². The number of carbonyl (C=O) groups excluding carboxylic acids is 2. The highest BCUT2D eigenvalue weighted by molar-refractivity contribution is 6.08. The van der Waals surface area contributed by atoms with E-state index in [1.807, 2.05) is 24.3 Å². The van der Waals surface area contributed by atoms with Crippen molar-refractivity contribution in [1.29, 1.82) is 0 Å². The van der Waals surface area contributed by atoms with Gasteiger partial charge in [-0.05, 0) is 43.3 Å². The van der Waals surface area contributed by atoms with Gasteiger partial charge in [0.25, 0.3) is 5.91 Å². The highest BCUT2D eigenvalue weighted by Gasteiger charge is 2.18. The standard InChI is InChI=1S/C24H21N3O5/c1-14-10-11-32-22(14)24(29)27-26-23(28)17-13-19(25-18-7-5-4-6-16(17)18)15-8-9-20(30-2)21(12-15)31-3/h4-13H,1-3H3,(H,26,28)(H,27,29). The number of benzene rings is 2. The topological polar surface area (TPSA) is 103 Å². The van der Waals surface area contributed by atoms with Crippen molar-refractivity contribution in [1.82, 2.24) is 15.8 Å². The van der Waals surface area contributed by atoms with E-state index in [0.29, 0.717) is 39.2 Å². The predicted molar refractivity (Wildman–Crippen MR) is 119 cm³/mol. The van der Waals surface area contributed by atoms with Crippen LogP contribution in [0.25, 0.3) is 22.2 Å². The zero-order chi connectivity index (χ0) is 22.7. The molecule has 2 N–H and O–H groups in total. The molecule has 2 aromatic carbocycles. The van der Waals surface area contributed by atoms with Crippen LogP contribution < -0.4 is 20.3 Å². The molecule has 0 fully saturated rings. The first kappa shape index (κ1) is 20.9. The molecule has 0 aliphatic carbocycles. The molecule has 0 unspecified atom stereocenters. The van der Waals surface area contributed by atoms with Gasteiger partial charge < -0.3 is 13.9 Å². The van der Waals surface area contributed by atoms with Gasteiger partial charge in [-0.25, -0.2) is 4.98 Å². The van der Waals surface area contributed by atoms with E-state index in [2.05, 4.69) is 15.8 Å². The van der Waals surface area contributed by atoms with E-state index < -0.39 is 11.8 Å². The van der Waals surface area contributed by atoms with E-state index >= 15 is 0 Å². The number of furan rings is 1. The maximum atomic E-state index is 13.0. The number of methoxy groups -OCH3 is 2. The Bertz CT molecular complexity index is 1310. The van der Waals surface area contributed by atoms with Gasteiger partial charge in [0.15, 0.2) is 17.3 Å². The molecule has 8 nitrogen and oxygen atoms in total. The number of hydrogen-bond donors (Lipinski definition) is 2. The number of pyridine rings is 1. The van der Waals surface area contributed by atoms with Crippen molar-refractivity contribution in [2.75, 3.05) is 14.2 Å². The molecule has 0 bridgehead atoms. The van der Waals surface area contributed by atoms with Crippen LogP contribution in [0, 0.1) is 6.92 Å². The lowest BCUT2D eigenvalue weighted by Crippen LogP contribution is -2.41. The average Bonchev–Trinajstić information content (AvgIpc) is 3.26. The number of hydrogen-bond acceptors (Lipinski definition) is 6. The molecular formula is C24H21N3O5. The third-order valence-electron chi connectivity index (χ3n) is 5.00. The van der Waals surface area contributed by atoms with Crippen LogP contribution in [0.4, 0.5) is 0 Å². The Labute approximate surface area is 184 Å². The summed E-state index contributed by atoms with van der Waals surface area (Å²) in [6, 6.07) is 16.0. The monoisotopic (exact) mass is 431 g/mol. The zero-order valence-corrected chi connectivity index (χ0v) is 17.8. The van der Waals surface area contributed by atoms with E-state index in [1.165, 1.54) is 6.26 Å². The Morgan fingerprint density at radius 3 is 2.38 bits per heavy atom. The number of nitrogens with zero attached hydrogens (tertiary/aromatic N) is 1. The summed E-state index contributed by atoms with van der Waals surface area (Å²) in [4.78, 5) is 30.0. The number of nitrogens with one attached hydrogen (secondary N) is 2. The van der Waals surface area contributed by atoms with Crippen molar-refractivity contribution in [2.24, 2.45) is 0 Å². The largest absolute Gasteiger partial charge is 0.493 e. The molecule has 162 valence electrons. The van der Waals surface area contributed by atoms with Crippen LogP contribution in [0.5, 0.6) is 11.5 Å². The van der Waals surface area contributed by atoms with Crippen molar-refractivity contribution in [3.63, 3.8) is 0 Å². The number of aryl methyl sites for hydroxylation is 1. The van der Waals surface area contributed by atoms with E-state index in [4.69, 9.17) is 13.9 Å². The van der Waals surface area contributed by atoms with Crippen LogP contribution in [0.3, 0.4) is 0 Å². The molecule has 8 heteroatoms. The number of ether oxygens (including phenoxy) is 2. The summed E-state index contributed by atoms with van der Waals surface area (Å²) >= 11 is 0. The molecule has 0 saturated heterocycles. The quantitative estimate of drug-likeness (QED) is 0.465. The minimum absolute atomic E-state index is 0.135. The lowest BCUT2D eigenvalue weighted by molar-refractivity contribution is 0.0831. The second-order valence-corrected chi connectivity index (χ2v) is 6.98. The lowest BCUT2D eigenvalue weighted by Gasteiger charge is -2.13. The van der Waals surface area contributed by atoms with Gasteiger partial charge in [0, 0.05) is 16.5 Å². The molecule has 0 aliphatic rings. The first-order chi connectivity index (χ1) is 15.5. The Morgan fingerprint density at radius 1 is 0.906 bits per heavy atom. The van der Waals surface area contributed by atoms with Gasteiger partial charge >= 0.3 is 5.91 Å². The van der Waals surface area contributed by atoms with Crippen molar-refractivity contribution in [3.8, 4) is 22.8 Å². The van der Waals surface area contributed by atoms with E-state index in [1.54, 1.807) is 51.5 Å². The third kappa shape index (κ3) is 3.98. The molecule has 0 atom stereocenters. The van der Waals surface area contributed by atoms with Crippen LogP contribution in [0.15, 0.2) is 65.3 Å². The fourth-order valence-corrected chi connectivity index (χ4v) is 3.35. The number of aromatic nitrogens is 1. The SMILES string of the molecule is COc1ccc(-c2cc(C(=O)NNC(=O)c3occc3C)c3ccccc3n2)cc1OC. The molecule has 4 aromatic rings. The van der Waals surface area contributed by atoms with Gasteiger partial charge in [-0.1, -0.05) is 18.2 Å². The molecule has 2 aromatic heterocycles. The zero-order valence-electron chi connectivity index (χ0n) is 17.8. The third-order valence-corrected chi connectivity index (χ3v) is 5.00. The highest BCUT2D eigenvalue weighted by Crippen LogP contribution is 2.33. The second kappa shape index (κ2) is 8.81. The fourth-order valence-electron chi connectivity index (χ4n) is 3.35. The van der Waals surface area contributed by atoms with Gasteiger partial charge in [0.1, 0.15) is 0 Å². The highest BCUT2D eigenvalue weighted by atomic mass is 16.5. The van der Waals surface area contributed by atoms with Crippen LogP contribution in [0.2, 0.25) is 0 Å². The second-order valence-electron chi connectivity index (χ2n) is 6.98. The number of amides is 2. The Balaban J connectivity index is 1.69. The van der Waals surface area contributed by atoms with Crippen molar-refractivity contribution in [3.05, 3.63) is 77.7 Å². The number of para-hydroxylation sites is 1. The van der Waals surface area contributed by atoms with Crippen LogP contribution in [-0.4, -0.2) is 31.0 Å². The maximum absolute atomic E-state index is 13.0. The van der Waals surface area contributed by atoms with Gasteiger partial charge in [0.05, 0.1) is 37.3 Å². The summed E-state index contributed by atoms with van der Waals surface area (Å²) in [7, 11) is 3.12. The molecule has 4 rings (SSSR count). The summed E-state index contributed by atoms with van der Waals surface area (Å²) in [5, 5.41) is 0.651. The molecule has 32 heavy (non-hydrogen) atoms. The summed E-state index contributed by atoms with van der Waals surface area (Å²) in [6.07, 6.45) is 1.41. The van der Waals surface area contributed by atoms with E-state index in [0.717, 1.165) is 5.56 Å². The number of fused-ring (bicyclic) bond motifs is 1. The molecule has 0 aliphatic heterocycles. The van der Waals surface area contributed by atoms with Crippen LogP contribution in [0.1, 0.15) is 26.5 Å². The molecule has 0 spiro atoms. The van der Waals surface area contributed by atoms with Crippen molar-refractivity contribution in [2.45, 2.75) is 6.92 Å². The normalized spacial score (nSPS) is 10.6. The van der Waals surface area contributed by atoms with Crippen molar-refractivity contribution >= 4 is 22.7 Å². The Morgan fingerprint density at radius 2 is 1.66 bits per heavy atom. The molecule has 0 radical (unpaired) electrons. The molecular weight excluding hydrogens is 410 g/mol. The first-order valence-electron chi connectivity index (χ1n) is 9.78. The van der Waals surface area contributed by atoms with Gasteiger partial charge in [-0.2, -0.15) is 0 Å². The van der Waals surface area contributed by atoms with E-state index in [-0.39, 0.29) is 5.76 Å². The number of rotatable bonds is 5. The van der Waals surface area contributed by atoms with E-state index in [9.17, 15) is 9.59 Å². The fraction of sp³-hybridized carbons (Fsp3) is 0.125. The van der Waals surface area contributed by atoms with Crippen LogP contribution >= 0.6 is 0 Å². The van der Waals surface area contributed by atoms with Crippen molar-refractivity contribution < 1.29 is 23.5 Å². The predicted octanol–water partition coefficient (Wildman–Crippen LogP) is 3.90. The smallest absolute Gasteiger partial charge is 0.305 e. The molecule has 2 heterocycles. The lowest BCUT2D eigenvalue weighted by atomic mass is 10.0. The minimum atomic E-state index is -0.542. The summed E-state index contributed by atoms with van der Waals surface area (Å²) < 4.78 is 15.8. The Hall–Kier alpha value is -4.33. The summed E-state index contributed by atoms with van der Waals surface area (Å²) in [5.41, 5.74) is 7.83. The average molecular weight is 431 g/mol. The minimum Gasteiger partial charge on any atom is -0.493 e. The summed E-state index contributed by atoms with van der Waals surface area (Å²) in [5.74, 6) is 0.246. The molecule has 0 saturated carbocycles. The van der Waals surface area contributed by atoms with Crippen LogP contribution in [-0.2, 0) is 0 Å². The molecule has 2 amide bonds. The summed E-state index contributed by atoms with van der Waals surface area (Å²) in [6.45, 7) is 1.74. The Kier molecular flexibility index (Phi) is 5.76. The van der Waals surface area contributed by atoms with Gasteiger partial charge in [-0.3, -0.25) is 20.4 Å². The maximum Gasteiger partial charge on any atom is 0.305 e. The number of hydrazine groups is 1. The van der Waals surface area contributed by atoms with Gasteiger partial charge in [-0.15, -0.1) is 0 Å².